The van der Waals surface area contributed by atoms with Gasteiger partial charge >= 0.3 is 0 Å². The van der Waals surface area contributed by atoms with E-state index >= 15 is 0 Å². The van der Waals surface area contributed by atoms with Crippen molar-refractivity contribution in [2.75, 3.05) is 23.3 Å². The Labute approximate surface area is 143 Å². The van der Waals surface area contributed by atoms with E-state index in [2.05, 4.69) is 21.3 Å². The van der Waals surface area contributed by atoms with Crippen molar-refractivity contribution in [2.24, 2.45) is 0 Å². The number of hydrogen-bond donors (Lipinski definition) is 1. The number of nitrogens with one attached hydrogen (secondary N) is 1. The summed E-state index contributed by atoms with van der Waals surface area (Å²) in [5.74, 6) is -0.156. The molecule has 0 atom stereocenters. The van der Waals surface area contributed by atoms with Crippen LogP contribution in [0.5, 0.6) is 0 Å². The molecular formula is C20H25N3O. The van der Waals surface area contributed by atoms with Crippen LogP contribution < -0.4 is 10.2 Å². The minimum absolute atomic E-state index is 0.156. The van der Waals surface area contributed by atoms with Crippen LogP contribution in [0.25, 0.3) is 0 Å². The normalized spacial score (nSPS) is 15.0. The minimum Gasteiger partial charge on any atom is -0.371 e. The highest BCUT2D eigenvalue weighted by Crippen LogP contribution is 2.20. The number of aromatic nitrogens is 1. The molecule has 0 unspecified atom stereocenters. The summed E-state index contributed by atoms with van der Waals surface area (Å²) in [6.45, 7) is 6.17. The number of amides is 1. The number of aryl methyl sites for hydroxylation is 2. The van der Waals surface area contributed by atoms with Crippen LogP contribution in [0.3, 0.4) is 0 Å². The van der Waals surface area contributed by atoms with E-state index in [9.17, 15) is 4.79 Å². The van der Waals surface area contributed by atoms with Crippen LogP contribution in [-0.4, -0.2) is 24.0 Å². The molecule has 0 bridgehead atoms. The predicted octanol–water partition coefficient (Wildman–Crippen LogP) is 4.33. The number of benzene rings is 1. The molecule has 1 fully saturated rings. The lowest BCUT2D eigenvalue weighted by molar-refractivity contribution is 0.102. The van der Waals surface area contributed by atoms with Gasteiger partial charge in [-0.05, 0) is 62.1 Å². The predicted molar refractivity (Wildman–Crippen MR) is 98.8 cm³/mol. The molecule has 1 N–H and O–H groups in total. The number of hydrogen-bond acceptors (Lipinski definition) is 3. The fourth-order valence-corrected chi connectivity index (χ4v) is 3.31. The van der Waals surface area contributed by atoms with Gasteiger partial charge in [0, 0.05) is 30.7 Å². The van der Waals surface area contributed by atoms with Crippen molar-refractivity contribution < 1.29 is 4.79 Å². The zero-order valence-corrected chi connectivity index (χ0v) is 14.5. The van der Waals surface area contributed by atoms with Gasteiger partial charge in [-0.3, -0.25) is 9.78 Å². The van der Waals surface area contributed by atoms with Gasteiger partial charge in [0.05, 0.1) is 0 Å². The van der Waals surface area contributed by atoms with Crippen LogP contribution in [-0.2, 0) is 0 Å². The number of carbonyl (C=O) groups excluding carboxylic acids is 1. The fraction of sp³-hybridized carbons (Fsp3) is 0.400. The van der Waals surface area contributed by atoms with Crippen molar-refractivity contribution >= 4 is 17.3 Å². The Hall–Kier alpha value is -2.36. The summed E-state index contributed by atoms with van der Waals surface area (Å²) in [5, 5.41) is 2.96. The third-order valence-electron chi connectivity index (χ3n) is 4.43. The molecule has 24 heavy (non-hydrogen) atoms. The molecule has 4 nitrogen and oxygen atoms in total. The molecule has 0 spiro atoms. The molecule has 3 rings (SSSR count). The number of rotatable bonds is 3. The number of pyridine rings is 1. The highest BCUT2D eigenvalue weighted by molar-refractivity contribution is 6.03. The summed E-state index contributed by atoms with van der Waals surface area (Å²) >= 11 is 0. The van der Waals surface area contributed by atoms with E-state index in [-0.39, 0.29) is 5.91 Å². The third-order valence-corrected chi connectivity index (χ3v) is 4.43. The van der Waals surface area contributed by atoms with Crippen molar-refractivity contribution in [2.45, 2.75) is 39.5 Å². The maximum Gasteiger partial charge on any atom is 0.274 e. The zero-order chi connectivity index (χ0) is 16.9. The van der Waals surface area contributed by atoms with E-state index in [0.717, 1.165) is 35.6 Å². The molecule has 1 amide bonds. The Balaban J connectivity index is 1.76. The van der Waals surface area contributed by atoms with Gasteiger partial charge in [0.25, 0.3) is 5.91 Å². The quantitative estimate of drug-likeness (QED) is 0.914. The Morgan fingerprint density at radius 1 is 1.00 bits per heavy atom. The SMILES string of the molecule is Cc1cc(C)cc(NC(=O)c2cc(N3CCCCCC3)ccn2)c1. The van der Waals surface area contributed by atoms with Crippen LogP contribution >= 0.6 is 0 Å². The van der Waals surface area contributed by atoms with Gasteiger partial charge in [-0.15, -0.1) is 0 Å². The molecule has 1 aliphatic rings. The largest absolute Gasteiger partial charge is 0.371 e. The van der Waals surface area contributed by atoms with Crippen molar-refractivity contribution in [1.82, 2.24) is 4.98 Å². The van der Waals surface area contributed by atoms with E-state index in [1.165, 1.54) is 25.7 Å². The average Bonchev–Trinajstić information content (AvgIpc) is 2.83. The van der Waals surface area contributed by atoms with E-state index in [0.29, 0.717) is 5.69 Å². The Kier molecular flexibility index (Phi) is 5.14. The van der Waals surface area contributed by atoms with Gasteiger partial charge in [0.15, 0.2) is 0 Å². The first kappa shape index (κ1) is 16.5. The molecule has 1 saturated heterocycles. The first-order valence-electron chi connectivity index (χ1n) is 8.72. The molecule has 4 heteroatoms. The van der Waals surface area contributed by atoms with Crippen LogP contribution in [0.15, 0.2) is 36.5 Å². The van der Waals surface area contributed by atoms with Crippen LogP contribution in [0.1, 0.15) is 47.3 Å². The highest BCUT2D eigenvalue weighted by atomic mass is 16.1. The Morgan fingerprint density at radius 3 is 2.33 bits per heavy atom. The van der Waals surface area contributed by atoms with Crippen LogP contribution in [0.2, 0.25) is 0 Å². The molecule has 0 radical (unpaired) electrons. The molecule has 126 valence electrons. The summed E-state index contributed by atoms with van der Waals surface area (Å²) in [4.78, 5) is 19.2. The smallest absolute Gasteiger partial charge is 0.274 e. The van der Waals surface area contributed by atoms with Gasteiger partial charge in [-0.25, -0.2) is 0 Å². The molecule has 2 aromatic rings. The summed E-state index contributed by atoms with van der Waals surface area (Å²) in [7, 11) is 0. The topological polar surface area (TPSA) is 45.2 Å². The molecule has 0 saturated carbocycles. The van der Waals surface area contributed by atoms with Crippen molar-refractivity contribution in [3.63, 3.8) is 0 Å². The number of nitrogens with zero attached hydrogens (tertiary/aromatic N) is 2. The first-order valence-corrected chi connectivity index (χ1v) is 8.72. The molecule has 2 heterocycles. The number of carbonyl (C=O) groups is 1. The van der Waals surface area contributed by atoms with Crippen LogP contribution in [0, 0.1) is 13.8 Å². The maximum absolute atomic E-state index is 12.5. The lowest BCUT2D eigenvalue weighted by Gasteiger charge is -2.22. The maximum atomic E-state index is 12.5. The fourth-order valence-electron chi connectivity index (χ4n) is 3.31. The van der Waals surface area contributed by atoms with Gasteiger partial charge in [-0.1, -0.05) is 18.9 Å². The monoisotopic (exact) mass is 323 g/mol. The lowest BCUT2D eigenvalue weighted by Crippen LogP contribution is -2.24. The second-order valence-electron chi connectivity index (χ2n) is 6.63. The molecule has 0 aliphatic carbocycles. The van der Waals surface area contributed by atoms with E-state index in [1.807, 2.05) is 38.1 Å². The second-order valence-corrected chi connectivity index (χ2v) is 6.63. The Morgan fingerprint density at radius 2 is 1.67 bits per heavy atom. The molecule has 1 aromatic carbocycles. The van der Waals surface area contributed by atoms with E-state index < -0.39 is 0 Å². The first-order chi connectivity index (χ1) is 11.6. The van der Waals surface area contributed by atoms with Crippen molar-refractivity contribution in [3.8, 4) is 0 Å². The Bertz CT molecular complexity index is 698. The van der Waals surface area contributed by atoms with E-state index in [1.54, 1.807) is 6.20 Å². The van der Waals surface area contributed by atoms with Gasteiger partial charge in [-0.2, -0.15) is 0 Å². The summed E-state index contributed by atoms with van der Waals surface area (Å²) in [5.41, 5.74) is 4.65. The third kappa shape index (κ3) is 4.13. The van der Waals surface area contributed by atoms with Gasteiger partial charge in [0.1, 0.15) is 5.69 Å². The second kappa shape index (κ2) is 7.47. The molecular weight excluding hydrogens is 298 g/mol. The number of anilines is 2. The highest BCUT2D eigenvalue weighted by Gasteiger charge is 2.14. The minimum atomic E-state index is -0.156. The van der Waals surface area contributed by atoms with E-state index in [4.69, 9.17) is 0 Å². The summed E-state index contributed by atoms with van der Waals surface area (Å²) in [6, 6.07) is 9.95. The lowest BCUT2D eigenvalue weighted by atomic mass is 10.1. The van der Waals surface area contributed by atoms with Gasteiger partial charge < -0.3 is 10.2 Å². The average molecular weight is 323 g/mol. The standard InChI is InChI=1S/C20H25N3O/c1-15-11-16(2)13-17(12-15)22-20(24)19-14-18(7-8-21-19)23-9-5-3-4-6-10-23/h7-8,11-14H,3-6,9-10H2,1-2H3,(H,22,24). The molecule has 1 aromatic heterocycles. The molecule has 1 aliphatic heterocycles. The summed E-state index contributed by atoms with van der Waals surface area (Å²) < 4.78 is 0. The van der Waals surface area contributed by atoms with Crippen molar-refractivity contribution in [3.05, 3.63) is 53.3 Å². The zero-order valence-electron chi connectivity index (χ0n) is 14.5. The van der Waals surface area contributed by atoms with Gasteiger partial charge in [0.2, 0.25) is 0 Å². The van der Waals surface area contributed by atoms with Crippen LogP contribution in [0.4, 0.5) is 11.4 Å². The van der Waals surface area contributed by atoms with Crippen molar-refractivity contribution in [1.29, 1.82) is 0 Å². The summed E-state index contributed by atoms with van der Waals surface area (Å²) in [6.07, 6.45) is 6.75.